The van der Waals surface area contributed by atoms with Gasteiger partial charge < -0.3 is 19.1 Å². The first-order valence-corrected chi connectivity index (χ1v) is 4.70. The Balaban J connectivity index is 2.95. The molecule has 0 aliphatic heterocycles. The van der Waals surface area contributed by atoms with E-state index in [0.717, 1.165) is 0 Å². The molecule has 0 spiro atoms. The second-order valence-corrected chi connectivity index (χ2v) is 3.88. The van der Waals surface area contributed by atoms with Gasteiger partial charge in [0.05, 0.1) is 19.6 Å². The van der Waals surface area contributed by atoms with Gasteiger partial charge in [-0.2, -0.15) is 0 Å². The van der Waals surface area contributed by atoms with Crippen LogP contribution in [-0.2, 0) is 14.9 Å². The Morgan fingerprint density at radius 1 is 1.56 bits per heavy atom. The first-order valence-electron chi connectivity index (χ1n) is 4.70. The average molecular weight is 229 g/mol. The van der Waals surface area contributed by atoms with Gasteiger partial charge in [-0.1, -0.05) is 0 Å². The highest BCUT2D eigenvalue weighted by atomic mass is 16.5. The third kappa shape index (κ3) is 2.16. The molecule has 1 heterocycles. The van der Waals surface area contributed by atoms with Crippen molar-refractivity contribution in [3.05, 3.63) is 11.8 Å². The average Bonchev–Trinajstić information content (AvgIpc) is 2.75. The molecule has 0 aromatic carbocycles. The van der Waals surface area contributed by atoms with E-state index in [9.17, 15) is 9.90 Å². The van der Waals surface area contributed by atoms with Crippen molar-refractivity contribution in [2.75, 3.05) is 14.2 Å². The molecule has 6 nitrogen and oxygen atoms in total. The Labute approximate surface area is 93.1 Å². The van der Waals surface area contributed by atoms with Crippen molar-refractivity contribution in [3.63, 3.8) is 0 Å². The number of methoxy groups -OCH3 is 2. The van der Waals surface area contributed by atoms with Gasteiger partial charge in [0.1, 0.15) is 5.76 Å². The topological polar surface area (TPSA) is 81.8 Å². The van der Waals surface area contributed by atoms with Gasteiger partial charge >= 0.3 is 5.97 Å². The van der Waals surface area contributed by atoms with Gasteiger partial charge in [-0.25, -0.2) is 4.79 Å². The molecule has 0 amide bonds. The molecule has 1 rings (SSSR count). The molecule has 0 aliphatic rings. The molecule has 0 radical (unpaired) electrons. The van der Waals surface area contributed by atoms with Crippen LogP contribution in [0.1, 0.15) is 19.6 Å². The van der Waals surface area contributed by atoms with Crippen LogP contribution in [0.4, 0.5) is 0 Å². The summed E-state index contributed by atoms with van der Waals surface area (Å²) in [6.07, 6.45) is -1.32. The third-order valence-electron chi connectivity index (χ3n) is 2.44. The van der Waals surface area contributed by atoms with Crippen molar-refractivity contribution < 1.29 is 23.9 Å². The Morgan fingerprint density at radius 2 is 2.19 bits per heavy atom. The molecule has 16 heavy (non-hydrogen) atoms. The monoisotopic (exact) mass is 229 g/mol. The summed E-state index contributed by atoms with van der Waals surface area (Å²) in [5.41, 5.74) is -0.934. The number of aromatic nitrogens is 1. The lowest BCUT2D eigenvalue weighted by Crippen LogP contribution is -2.40. The van der Waals surface area contributed by atoms with Crippen LogP contribution in [0.15, 0.2) is 10.6 Å². The number of hydrogen-bond donors (Lipinski definition) is 1. The van der Waals surface area contributed by atoms with Gasteiger partial charge in [0.2, 0.25) is 0 Å². The largest absolute Gasteiger partial charge is 0.479 e. The van der Waals surface area contributed by atoms with E-state index in [1.165, 1.54) is 20.3 Å². The zero-order valence-corrected chi connectivity index (χ0v) is 9.68. The number of aliphatic hydroxyl groups is 1. The number of carbonyl (C=O) groups is 1. The van der Waals surface area contributed by atoms with Crippen molar-refractivity contribution in [2.45, 2.75) is 25.4 Å². The predicted octanol–water partition coefficient (Wildman–Crippen LogP) is 0.495. The molecule has 0 fully saturated rings. The van der Waals surface area contributed by atoms with Gasteiger partial charge in [0, 0.05) is 6.07 Å². The lowest BCUT2D eigenvalue weighted by Gasteiger charge is -2.25. The third-order valence-corrected chi connectivity index (χ3v) is 2.44. The van der Waals surface area contributed by atoms with E-state index < -0.39 is 17.5 Å². The maximum atomic E-state index is 11.2. The number of ether oxygens (including phenoxy) is 2. The molecule has 0 aliphatic carbocycles. The Morgan fingerprint density at radius 3 is 2.62 bits per heavy atom. The van der Waals surface area contributed by atoms with E-state index in [1.54, 1.807) is 13.8 Å². The molecule has 1 unspecified atom stereocenters. The highest BCUT2D eigenvalue weighted by Gasteiger charge is 2.39. The molecule has 0 saturated heterocycles. The lowest BCUT2D eigenvalue weighted by atomic mass is 9.84. The van der Waals surface area contributed by atoms with Crippen molar-refractivity contribution in [1.29, 1.82) is 0 Å². The van der Waals surface area contributed by atoms with Gasteiger partial charge in [0.25, 0.3) is 5.88 Å². The minimum Gasteiger partial charge on any atom is -0.479 e. The van der Waals surface area contributed by atoms with E-state index in [2.05, 4.69) is 9.89 Å². The van der Waals surface area contributed by atoms with Crippen LogP contribution < -0.4 is 4.74 Å². The number of aliphatic hydroxyl groups excluding tert-OH is 1. The smallest absolute Gasteiger partial charge is 0.335 e. The minimum absolute atomic E-state index is 0.292. The highest BCUT2D eigenvalue weighted by Crippen LogP contribution is 2.30. The zero-order chi connectivity index (χ0) is 12.3. The van der Waals surface area contributed by atoms with Gasteiger partial charge in [0.15, 0.2) is 6.10 Å². The lowest BCUT2D eigenvalue weighted by molar-refractivity contribution is -0.154. The summed E-state index contributed by atoms with van der Waals surface area (Å²) < 4.78 is 14.3. The normalized spacial score (nSPS) is 13.3. The molecular weight excluding hydrogens is 214 g/mol. The van der Waals surface area contributed by atoms with E-state index >= 15 is 0 Å². The predicted molar refractivity (Wildman–Crippen MR) is 54.1 cm³/mol. The van der Waals surface area contributed by atoms with Gasteiger partial charge in [-0.15, -0.1) is 0 Å². The van der Waals surface area contributed by atoms with Crippen LogP contribution >= 0.6 is 0 Å². The molecular formula is C10H15NO5. The van der Waals surface area contributed by atoms with Crippen molar-refractivity contribution in [2.24, 2.45) is 0 Å². The molecule has 1 aromatic rings. The van der Waals surface area contributed by atoms with Crippen LogP contribution in [0, 0.1) is 0 Å². The molecule has 90 valence electrons. The number of nitrogens with zero attached hydrogens (tertiary/aromatic N) is 1. The van der Waals surface area contributed by atoms with Crippen LogP contribution in [0.25, 0.3) is 0 Å². The van der Waals surface area contributed by atoms with E-state index in [-0.39, 0.29) is 0 Å². The van der Waals surface area contributed by atoms with Gasteiger partial charge in [-0.3, -0.25) is 0 Å². The Bertz CT molecular complexity index is 371. The summed E-state index contributed by atoms with van der Waals surface area (Å²) in [4.78, 5) is 11.2. The minimum atomic E-state index is -1.32. The quantitative estimate of drug-likeness (QED) is 0.757. The second kappa shape index (κ2) is 4.52. The SMILES string of the molecule is COC(=O)C(O)C(C)(C)c1cc(OC)no1. The molecule has 6 heteroatoms. The van der Waals surface area contributed by atoms with E-state index in [4.69, 9.17) is 9.26 Å². The van der Waals surface area contributed by atoms with Crippen molar-refractivity contribution in [3.8, 4) is 5.88 Å². The fourth-order valence-corrected chi connectivity index (χ4v) is 1.20. The second-order valence-electron chi connectivity index (χ2n) is 3.88. The van der Waals surface area contributed by atoms with Crippen molar-refractivity contribution in [1.82, 2.24) is 5.16 Å². The maximum absolute atomic E-state index is 11.2. The van der Waals surface area contributed by atoms with Crippen LogP contribution in [-0.4, -0.2) is 36.6 Å². The number of esters is 1. The summed E-state index contributed by atoms with van der Waals surface area (Å²) in [6, 6.07) is 1.52. The van der Waals surface area contributed by atoms with Crippen LogP contribution in [0.3, 0.4) is 0 Å². The van der Waals surface area contributed by atoms with E-state index in [0.29, 0.717) is 11.6 Å². The summed E-state index contributed by atoms with van der Waals surface area (Å²) in [5, 5.41) is 13.4. The summed E-state index contributed by atoms with van der Waals surface area (Å²) in [7, 11) is 2.66. The van der Waals surface area contributed by atoms with Crippen molar-refractivity contribution >= 4 is 5.97 Å². The highest BCUT2D eigenvalue weighted by molar-refractivity contribution is 5.76. The first kappa shape index (κ1) is 12.5. The standard InChI is InChI=1S/C10H15NO5/c1-10(2,8(12)9(13)15-4)6-5-7(14-3)11-16-6/h5,8,12H,1-4H3. The fourth-order valence-electron chi connectivity index (χ4n) is 1.20. The summed E-state index contributed by atoms with van der Waals surface area (Å²) >= 11 is 0. The molecule has 1 aromatic heterocycles. The molecule has 1 N–H and O–H groups in total. The number of rotatable bonds is 4. The summed E-state index contributed by atoms with van der Waals surface area (Å²) in [5.74, 6) is -0.0808. The molecule has 0 saturated carbocycles. The number of carbonyl (C=O) groups excluding carboxylic acids is 1. The fraction of sp³-hybridized carbons (Fsp3) is 0.600. The Hall–Kier alpha value is -1.56. The number of hydrogen-bond acceptors (Lipinski definition) is 6. The van der Waals surface area contributed by atoms with Crippen LogP contribution in [0.2, 0.25) is 0 Å². The molecule has 0 bridgehead atoms. The van der Waals surface area contributed by atoms with Gasteiger partial charge in [-0.05, 0) is 19.0 Å². The summed E-state index contributed by atoms with van der Waals surface area (Å²) in [6.45, 7) is 3.29. The molecule has 1 atom stereocenters. The van der Waals surface area contributed by atoms with Crippen LogP contribution in [0.5, 0.6) is 5.88 Å². The Kier molecular flexibility index (Phi) is 3.54. The zero-order valence-electron chi connectivity index (χ0n) is 9.68. The van der Waals surface area contributed by atoms with E-state index in [1.807, 2.05) is 0 Å². The maximum Gasteiger partial charge on any atom is 0.335 e. The first-order chi connectivity index (χ1) is 7.43.